The van der Waals surface area contributed by atoms with Crippen LogP contribution in [0.5, 0.6) is 0 Å². The summed E-state index contributed by atoms with van der Waals surface area (Å²) in [7, 11) is 0. The number of rotatable bonds is 7. The number of nitriles is 1. The van der Waals surface area contributed by atoms with Crippen molar-refractivity contribution in [2.24, 2.45) is 0 Å². The maximum absolute atomic E-state index is 8.98. The first-order chi connectivity index (χ1) is 10.8. The number of hydrogen-bond donors (Lipinski definition) is 0. The Morgan fingerprint density at radius 2 is 2.27 bits per heavy atom. The normalized spacial score (nSPS) is 14.0. The number of aromatic nitrogens is 2. The molecule has 22 heavy (non-hydrogen) atoms. The Bertz CT molecular complexity index is 697. The van der Waals surface area contributed by atoms with Crippen molar-refractivity contribution in [3.63, 3.8) is 0 Å². The van der Waals surface area contributed by atoms with E-state index in [9.17, 15) is 0 Å². The predicted molar refractivity (Wildman–Crippen MR) is 81.7 cm³/mol. The molecule has 0 atom stereocenters. The molecule has 0 bridgehead atoms. The minimum atomic E-state index is 0.498. The molecule has 1 aromatic carbocycles. The SMILES string of the molecule is C=CCN(Cc1cccc(C#N)c1)Cc1nc(C2CC2)no1. The Labute approximate surface area is 129 Å². The van der Waals surface area contributed by atoms with Crippen molar-refractivity contribution in [3.8, 4) is 6.07 Å². The summed E-state index contributed by atoms with van der Waals surface area (Å²) in [5.74, 6) is 1.97. The van der Waals surface area contributed by atoms with Crippen LogP contribution in [-0.2, 0) is 13.1 Å². The average molecular weight is 294 g/mol. The fourth-order valence-corrected chi connectivity index (χ4v) is 2.40. The van der Waals surface area contributed by atoms with E-state index in [-0.39, 0.29) is 0 Å². The fourth-order valence-electron chi connectivity index (χ4n) is 2.40. The van der Waals surface area contributed by atoms with E-state index >= 15 is 0 Å². The zero-order valence-corrected chi connectivity index (χ0v) is 12.4. The van der Waals surface area contributed by atoms with Crippen molar-refractivity contribution < 1.29 is 4.52 Å². The van der Waals surface area contributed by atoms with E-state index in [1.807, 2.05) is 24.3 Å². The number of hydrogen-bond acceptors (Lipinski definition) is 5. The highest BCUT2D eigenvalue weighted by atomic mass is 16.5. The molecule has 1 heterocycles. The first-order valence-electron chi connectivity index (χ1n) is 7.43. The van der Waals surface area contributed by atoms with Crippen molar-refractivity contribution >= 4 is 0 Å². The average Bonchev–Trinajstić information content (AvgIpc) is 3.28. The number of benzene rings is 1. The zero-order valence-electron chi connectivity index (χ0n) is 12.4. The highest BCUT2D eigenvalue weighted by molar-refractivity contribution is 5.32. The van der Waals surface area contributed by atoms with Crippen molar-refractivity contribution in [1.29, 1.82) is 5.26 Å². The van der Waals surface area contributed by atoms with Crippen LogP contribution in [0, 0.1) is 11.3 Å². The summed E-state index contributed by atoms with van der Waals surface area (Å²) in [5, 5.41) is 13.0. The minimum Gasteiger partial charge on any atom is -0.338 e. The molecule has 0 saturated heterocycles. The molecular weight excluding hydrogens is 276 g/mol. The van der Waals surface area contributed by atoms with E-state index in [1.54, 1.807) is 6.07 Å². The molecule has 5 heteroatoms. The lowest BCUT2D eigenvalue weighted by molar-refractivity contribution is 0.239. The third kappa shape index (κ3) is 3.60. The van der Waals surface area contributed by atoms with Crippen molar-refractivity contribution in [1.82, 2.24) is 15.0 Å². The monoisotopic (exact) mass is 294 g/mol. The third-order valence-corrected chi connectivity index (χ3v) is 3.63. The van der Waals surface area contributed by atoms with Gasteiger partial charge in [0.15, 0.2) is 5.82 Å². The molecule has 0 spiro atoms. The van der Waals surface area contributed by atoms with Gasteiger partial charge in [0.05, 0.1) is 18.2 Å². The van der Waals surface area contributed by atoms with Crippen LogP contribution in [0.2, 0.25) is 0 Å². The summed E-state index contributed by atoms with van der Waals surface area (Å²) in [4.78, 5) is 6.62. The van der Waals surface area contributed by atoms with Gasteiger partial charge in [-0.1, -0.05) is 23.4 Å². The van der Waals surface area contributed by atoms with E-state index in [1.165, 1.54) is 0 Å². The molecule has 1 fully saturated rings. The second-order valence-corrected chi connectivity index (χ2v) is 5.59. The van der Waals surface area contributed by atoms with Gasteiger partial charge in [-0.25, -0.2) is 0 Å². The summed E-state index contributed by atoms with van der Waals surface area (Å²) in [6.45, 7) is 5.82. The summed E-state index contributed by atoms with van der Waals surface area (Å²) >= 11 is 0. The Balaban J connectivity index is 1.68. The van der Waals surface area contributed by atoms with E-state index in [0.717, 1.165) is 30.8 Å². The van der Waals surface area contributed by atoms with E-state index in [0.29, 0.717) is 30.5 Å². The van der Waals surface area contributed by atoms with Crippen LogP contribution in [0.3, 0.4) is 0 Å². The Hall–Kier alpha value is -2.45. The second-order valence-electron chi connectivity index (χ2n) is 5.59. The lowest BCUT2D eigenvalue weighted by Crippen LogP contribution is -2.23. The van der Waals surface area contributed by atoms with Gasteiger partial charge in [-0.05, 0) is 30.5 Å². The first kappa shape index (κ1) is 14.5. The predicted octanol–water partition coefficient (Wildman–Crippen LogP) is 3.01. The summed E-state index contributed by atoms with van der Waals surface area (Å²) in [5.41, 5.74) is 1.76. The lowest BCUT2D eigenvalue weighted by atomic mass is 10.1. The molecule has 3 rings (SSSR count). The van der Waals surface area contributed by atoms with Gasteiger partial charge in [-0.15, -0.1) is 6.58 Å². The second kappa shape index (κ2) is 6.54. The Kier molecular flexibility index (Phi) is 4.31. The standard InChI is InChI=1S/C17H18N4O/c1-2-8-21(11-14-5-3-4-13(9-14)10-18)12-16-19-17(20-22-16)15-6-7-15/h2-5,9,15H,1,6-8,11-12H2. The van der Waals surface area contributed by atoms with Crippen LogP contribution in [0.1, 0.15) is 41.6 Å². The van der Waals surface area contributed by atoms with Gasteiger partial charge in [-0.2, -0.15) is 10.2 Å². The maximum atomic E-state index is 8.98. The molecule has 5 nitrogen and oxygen atoms in total. The molecule has 1 aromatic heterocycles. The molecule has 1 aliphatic carbocycles. The highest BCUT2D eigenvalue weighted by Gasteiger charge is 2.28. The number of nitrogens with zero attached hydrogens (tertiary/aromatic N) is 4. The lowest BCUT2D eigenvalue weighted by Gasteiger charge is -2.18. The van der Waals surface area contributed by atoms with Crippen LogP contribution >= 0.6 is 0 Å². The molecule has 0 aliphatic heterocycles. The van der Waals surface area contributed by atoms with Gasteiger partial charge < -0.3 is 4.52 Å². The quantitative estimate of drug-likeness (QED) is 0.734. The van der Waals surface area contributed by atoms with Crippen LogP contribution < -0.4 is 0 Å². The third-order valence-electron chi connectivity index (χ3n) is 3.63. The van der Waals surface area contributed by atoms with Gasteiger partial charge in [0.25, 0.3) is 0 Å². The first-order valence-corrected chi connectivity index (χ1v) is 7.43. The van der Waals surface area contributed by atoms with Crippen molar-refractivity contribution in [2.75, 3.05) is 6.54 Å². The smallest absolute Gasteiger partial charge is 0.240 e. The molecule has 2 aromatic rings. The summed E-state index contributed by atoms with van der Waals surface area (Å²) in [6.07, 6.45) is 4.18. The van der Waals surface area contributed by atoms with Gasteiger partial charge in [-0.3, -0.25) is 4.90 Å². The van der Waals surface area contributed by atoms with Crippen molar-refractivity contribution in [3.05, 3.63) is 59.8 Å². The van der Waals surface area contributed by atoms with Gasteiger partial charge in [0, 0.05) is 19.0 Å². The van der Waals surface area contributed by atoms with E-state index in [4.69, 9.17) is 9.78 Å². The Morgan fingerprint density at radius 3 is 3.00 bits per heavy atom. The summed E-state index contributed by atoms with van der Waals surface area (Å²) in [6, 6.07) is 9.79. The molecule has 0 amide bonds. The van der Waals surface area contributed by atoms with Crippen LogP contribution in [0.4, 0.5) is 0 Å². The molecular formula is C17H18N4O. The van der Waals surface area contributed by atoms with Crippen LogP contribution in [-0.4, -0.2) is 21.6 Å². The molecule has 1 saturated carbocycles. The molecule has 0 N–H and O–H groups in total. The summed E-state index contributed by atoms with van der Waals surface area (Å²) < 4.78 is 5.34. The molecule has 1 aliphatic rings. The van der Waals surface area contributed by atoms with E-state index < -0.39 is 0 Å². The van der Waals surface area contributed by atoms with Crippen LogP contribution in [0.25, 0.3) is 0 Å². The molecule has 0 radical (unpaired) electrons. The van der Waals surface area contributed by atoms with Gasteiger partial charge in [0.2, 0.25) is 5.89 Å². The fraction of sp³-hybridized carbons (Fsp3) is 0.353. The largest absolute Gasteiger partial charge is 0.338 e. The zero-order chi connectivity index (χ0) is 15.4. The van der Waals surface area contributed by atoms with Crippen molar-refractivity contribution in [2.45, 2.75) is 31.8 Å². The minimum absolute atomic E-state index is 0.498. The van der Waals surface area contributed by atoms with E-state index in [2.05, 4.69) is 27.7 Å². The molecule has 112 valence electrons. The van der Waals surface area contributed by atoms with Gasteiger partial charge in [0.1, 0.15) is 0 Å². The van der Waals surface area contributed by atoms with Gasteiger partial charge >= 0.3 is 0 Å². The topological polar surface area (TPSA) is 66.0 Å². The van der Waals surface area contributed by atoms with Crippen LogP contribution in [0.15, 0.2) is 41.4 Å². The highest BCUT2D eigenvalue weighted by Crippen LogP contribution is 2.38. The Morgan fingerprint density at radius 1 is 1.41 bits per heavy atom. The molecule has 0 unspecified atom stereocenters. The maximum Gasteiger partial charge on any atom is 0.240 e.